The van der Waals surface area contributed by atoms with Gasteiger partial charge in [-0.25, -0.2) is 34.4 Å². The van der Waals surface area contributed by atoms with Crippen molar-refractivity contribution in [2.75, 3.05) is 11.6 Å². The molecule has 0 bridgehead atoms. The zero-order valence-electron chi connectivity index (χ0n) is 26.6. The number of carbonyl (C=O) groups excluding carboxylic acids is 4. The van der Waals surface area contributed by atoms with Gasteiger partial charge in [-0.2, -0.15) is 0 Å². The van der Waals surface area contributed by atoms with Gasteiger partial charge in [-0.3, -0.25) is 0 Å². The van der Waals surface area contributed by atoms with Crippen LogP contribution in [0, 0.1) is 0 Å². The van der Waals surface area contributed by atoms with E-state index in [-0.39, 0.29) is 37.4 Å². The van der Waals surface area contributed by atoms with Crippen LogP contribution in [0.2, 0.25) is 0 Å². The summed E-state index contributed by atoms with van der Waals surface area (Å²) in [4.78, 5) is 62.9. The van der Waals surface area contributed by atoms with E-state index in [1.807, 2.05) is 48.5 Å². The van der Waals surface area contributed by atoms with Crippen molar-refractivity contribution in [2.45, 2.75) is 64.9 Å². The number of nitrogens with one attached hydrogen (secondary N) is 3. The highest BCUT2D eigenvalue weighted by atomic mass is 16.6. The average molecular weight is 649 g/mol. The fourth-order valence-corrected chi connectivity index (χ4v) is 4.11. The van der Waals surface area contributed by atoms with Crippen LogP contribution in [0.3, 0.4) is 0 Å². The summed E-state index contributed by atoms with van der Waals surface area (Å²) in [5.74, 6) is -1.97. The van der Waals surface area contributed by atoms with Gasteiger partial charge in [-0.1, -0.05) is 66.7 Å². The van der Waals surface area contributed by atoms with E-state index in [0.717, 1.165) is 16.1 Å². The maximum Gasteiger partial charge on any atom is 0.427 e. The number of rotatable bonds is 13. The Morgan fingerprint density at radius 1 is 0.787 bits per heavy atom. The Balaban J connectivity index is 1.61. The van der Waals surface area contributed by atoms with Gasteiger partial charge in [-0.15, -0.1) is 0 Å². The minimum Gasteiger partial charge on any atom is -0.480 e. The van der Waals surface area contributed by atoms with Crippen LogP contribution in [0.4, 0.5) is 20.1 Å². The maximum absolute atomic E-state index is 13.4. The number of carbonyl (C=O) groups is 5. The summed E-state index contributed by atoms with van der Waals surface area (Å²) in [6, 6.07) is 21.7. The number of urea groups is 1. The highest BCUT2D eigenvalue weighted by Gasteiger charge is 2.27. The van der Waals surface area contributed by atoms with E-state index in [0.29, 0.717) is 12.8 Å². The Morgan fingerprint density at radius 3 is 2.00 bits per heavy atom. The van der Waals surface area contributed by atoms with Crippen LogP contribution in [0.1, 0.15) is 61.5 Å². The molecule has 4 amide bonds. The molecule has 0 unspecified atom stereocenters. The third-order valence-electron chi connectivity index (χ3n) is 6.36. The maximum atomic E-state index is 13.4. The molecule has 0 saturated carbocycles. The van der Waals surface area contributed by atoms with Crippen LogP contribution in [-0.2, 0) is 32.2 Å². The molecule has 0 spiro atoms. The quantitative estimate of drug-likeness (QED) is 0.0802. The molecular formula is C34H40N4O9. The second-order valence-corrected chi connectivity index (χ2v) is 11.4. The number of carboxylic acid groups (broad SMARTS) is 1. The third-order valence-corrected chi connectivity index (χ3v) is 6.36. The minimum absolute atomic E-state index is 0.0218. The summed E-state index contributed by atoms with van der Waals surface area (Å²) in [7, 11) is 0. The summed E-state index contributed by atoms with van der Waals surface area (Å²) in [5.41, 5.74) is 3.18. The molecule has 4 N–H and O–H groups in total. The summed E-state index contributed by atoms with van der Waals surface area (Å²) >= 11 is 0. The zero-order chi connectivity index (χ0) is 34.2. The second kappa shape index (κ2) is 17.8. The molecular weight excluding hydrogens is 608 g/mol. The van der Waals surface area contributed by atoms with E-state index in [1.54, 1.807) is 32.9 Å². The van der Waals surface area contributed by atoms with E-state index in [9.17, 15) is 29.1 Å². The number of benzene rings is 3. The normalized spacial score (nSPS) is 11.4. The third kappa shape index (κ3) is 13.1. The Morgan fingerprint density at radius 2 is 1.40 bits per heavy atom. The molecule has 0 fully saturated rings. The molecule has 0 radical (unpaired) electrons. The number of ether oxygens (including phenoxy) is 3. The standard InChI is InChI=1S/C34H40N4O9/c1-34(2,3)47-33(44)37-38(27-18-12-17-26(21-27)30(41)45-22-24-13-6-4-7-14-24)31(42)36-28(29(39)40)19-10-11-20-35-32(43)46-23-25-15-8-5-9-16-25/h4-9,12-18,21,28H,10-11,19-20,22-23H2,1-3H3,(H,35,43)(H,36,42)(H,37,44)(H,39,40)/t28-/m1/s1. The first kappa shape index (κ1) is 35.9. The highest BCUT2D eigenvalue weighted by molar-refractivity contribution is 5.98. The predicted octanol–water partition coefficient (Wildman–Crippen LogP) is 5.55. The summed E-state index contributed by atoms with van der Waals surface area (Å²) in [5, 5.41) is 15.6. The predicted molar refractivity (Wildman–Crippen MR) is 172 cm³/mol. The van der Waals surface area contributed by atoms with Gasteiger partial charge in [0, 0.05) is 6.54 Å². The Bertz CT molecular complexity index is 1490. The van der Waals surface area contributed by atoms with Crippen molar-refractivity contribution in [2.24, 2.45) is 0 Å². The van der Waals surface area contributed by atoms with Gasteiger partial charge in [0.1, 0.15) is 24.9 Å². The van der Waals surface area contributed by atoms with Gasteiger partial charge in [0.05, 0.1) is 11.3 Å². The summed E-state index contributed by atoms with van der Waals surface area (Å²) < 4.78 is 15.8. The molecule has 0 aromatic heterocycles. The molecule has 0 saturated heterocycles. The first-order chi connectivity index (χ1) is 22.4. The number of hydrogen-bond donors (Lipinski definition) is 4. The molecule has 0 heterocycles. The van der Waals surface area contributed by atoms with Crippen molar-refractivity contribution in [3.8, 4) is 0 Å². The molecule has 13 heteroatoms. The number of carboxylic acids is 1. The van der Waals surface area contributed by atoms with Gasteiger partial charge in [0.25, 0.3) is 0 Å². The lowest BCUT2D eigenvalue weighted by molar-refractivity contribution is -0.139. The van der Waals surface area contributed by atoms with Crippen molar-refractivity contribution >= 4 is 35.8 Å². The second-order valence-electron chi connectivity index (χ2n) is 11.4. The van der Waals surface area contributed by atoms with Crippen molar-refractivity contribution in [3.63, 3.8) is 0 Å². The van der Waals surface area contributed by atoms with Crippen LogP contribution < -0.4 is 21.1 Å². The zero-order valence-corrected chi connectivity index (χ0v) is 26.6. The molecule has 250 valence electrons. The van der Waals surface area contributed by atoms with Crippen molar-refractivity contribution in [3.05, 3.63) is 102 Å². The fourth-order valence-electron chi connectivity index (χ4n) is 4.11. The number of unbranched alkanes of at least 4 members (excludes halogenated alkanes) is 1. The molecule has 3 rings (SSSR count). The number of esters is 1. The van der Waals surface area contributed by atoms with Gasteiger partial charge < -0.3 is 30.0 Å². The lowest BCUT2D eigenvalue weighted by Crippen LogP contribution is -2.55. The van der Waals surface area contributed by atoms with Crippen LogP contribution in [0.15, 0.2) is 84.9 Å². The first-order valence-corrected chi connectivity index (χ1v) is 15.0. The molecule has 47 heavy (non-hydrogen) atoms. The van der Waals surface area contributed by atoms with E-state index in [1.165, 1.54) is 24.3 Å². The largest absolute Gasteiger partial charge is 0.480 e. The van der Waals surface area contributed by atoms with Gasteiger partial charge >= 0.3 is 30.2 Å². The molecule has 0 aliphatic carbocycles. The number of aliphatic carboxylic acids is 1. The van der Waals surface area contributed by atoms with E-state index >= 15 is 0 Å². The number of hydrogen-bond acceptors (Lipinski definition) is 8. The minimum atomic E-state index is -1.34. The lowest BCUT2D eigenvalue weighted by atomic mass is 10.1. The Hall–Kier alpha value is -5.59. The number of anilines is 1. The van der Waals surface area contributed by atoms with Crippen LogP contribution in [0.25, 0.3) is 0 Å². The van der Waals surface area contributed by atoms with Gasteiger partial charge in [-0.05, 0) is 69.4 Å². The van der Waals surface area contributed by atoms with Crippen LogP contribution >= 0.6 is 0 Å². The van der Waals surface area contributed by atoms with Crippen molar-refractivity contribution < 1.29 is 43.3 Å². The molecule has 3 aromatic carbocycles. The number of amides is 4. The van der Waals surface area contributed by atoms with Crippen molar-refractivity contribution in [1.29, 1.82) is 0 Å². The number of hydrazine groups is 1. The van der Waals surface area contributed by atoms with E-state index < -0.39 is 41.8 Å². The van der Waals surface area contributed by atoms with Gasteiger partial charge in [0.2, 0.25) is 0 Å². The molecule has 1 atom stereocenters. The highest BCUT2D eigenvalue weighted by Crippen LogP contribution is 2.18. The number of nitrogens with zero attached hydrogens (tertiary/aromatic N) is 1. The Kier molecular flexibility index (Phi) is 13.6. The Labute approximate surface area is 273 Å². The van der Waals surface area contributed by atoms with Crippen LogP contribution in [0.5, 0.6) is 0 Å². The van der Waals surface area contributed by atoms with E-state index in [2.05, 4.69) is 16.1 Å². The molecule has 3 aromatic rings. The summed E-state index contributed by atoms with van der Waals surface area (Å²) in [6.07, 6.45) is -0.826. The number of alkyl carbamates (subject to hydrolysis) is 1. The SMILES string of the molecule is CC(C)(C)OC(=O)NN(C(=O)N[C@H](CCCCNC(=O)OCc1ccccc1)C(=O)O)c1cccc(C(=O)OCc2ccccc2)c1. The lowest BCUT2D eigenvalue weighted by Gasteiger charge is -2.27. The topological polar surface area (TPSA) is 173 Å². The first-order valence-electron chi connectivity index (χ1n) is 15.0. The fraction of sp³-hybridized carbons (Fsp3) is 0.324. The molecule has 0 aliphatic rings. The van der Waals surface area contributed by atoms with Crippen molar-refractivity contribution in [1.82, 2.24) is 16.1 Å². The van der Waals surface area contributed by atoms with Gasteiger partial charge in [0.15, 0.2) is 0 Å². The smallest absolute Gasteiger partial charge is 0.427 e. The summed E-state index contributed by atoms with van der Waals surface area (Å²) in [6.45, 7) is 5.28. The van der Waals surface area contributed by atoms with E-state index in [4.69, 9.17) is 14.2 Å². The average Bonchev–Trinajstić information content (AvgIpc) is 3.04. The van der Waals surface area contributed by atoms with Crippen LogP contribution in [-0.4, -0.2) is 53.5 Å². The molecule has 13 nitrogen and oxygen atoms in total. The monoisotopic (exact) mass is 648 g/mol. The molecule has 0 aliphatic heterocycles.